The molecule has 1 aliphatic rings. The SMILES string of the molecule is Cc1ccc(C2=C/C(=C\c3ccc(N(CCC#N)CCC#N)cc3)C(=O)O2)c(C)c1. The summed E-state index contributed by atoms with van der Waals surface area (Å²) in [6.07, 6.45) is 4.38. The van der Waals surface area contributed by atoms with Gasteiger partial charge in [-0.05, 0) is 49.3 Å². The Kier molecular flexibility index (Phi) is 6.67. The number of benzene rings is 2. The van der Waals surface area contributed by atoms with Crippen molar-refractivity contribution >= 4 is 23.5 Å². The number of nitrogens with zero attached hydrogens (tertiary/aromatic N) is 3. The van der Waals surface area contributed by atoms with Gasteiger partial charge < -0.3 is 9.64 Å². The van der Waals surface area contributed by atoms with E-state index in [4.69, 9.17) is 15.3 Å². The molecular formula is C25H23N3O2. The van der Waals surface area contributed by atoms with Crippen molar-refractivity contribution in [3.8, 4) is 12.1 Å². The number of anilines is 1. The zero-order valence-corrected chi connectivity index (χ0v) is 17.2. The van der Waals surface area contributed by atoms with Crippen molar-refractivity contribution in [1.82, 2.24) is 0 Å². The Hall–Kier alpha value is -3.83. The number of aryl methyl sites for hydroxylation is 2. The summed E-state index contributed by atoms with van der Waals surface area (Å²) in [4.78, 5) is 14.4. The van der Waals surface area contributed by atoms with Gasteiger partial charge in [0.25, 0.3) is 0 Å². The Balaban J connectivity index is 1.81. The molecule has 5 heteroatoms. The van der Waals surface area contributed by atoms with Gasteiger partial charge in [-0.25, -0.2) is 4.79 Å². The van der Waals surface area contributed by atoms with Gasteiger partial charge in [-0.15, -0.1) is 0 Å². The van der Waals surface area contributed by atoms with Crippen LogP contribution in [-0.2, 0) is 9.53 Å². The van der Waals surface area contributed by atoms with Crippen LogP contribution in [0.1, 0.15) is 35.1 Å². The normalized spacial score (nSPS) is 14.1. The van der Waals surface area contributed by atoms with E-state index in [1.165, 1.54) is 0 Å². The maximum atomic E-state index is 12.3. The highest BCUT2D eigenvalue weighted by atomic mass is 16.5. The molecule has 0 unspecified atom stereocenters. The van der Waals surface area contributed by atoms with E-state index in [9.17, 15) is 4.79 Å². The molecule has 3 rings (SSSR count). The van der Waals surface area contributed by atoms with Gasteiger partial charge in [0, 0.05) is 24.3 Å². The van der Waals surface area contributed by atoms with Crippen LogP contribution >= 0.6 is 0 Å². The van der Waals surface area contributed by atoms with Crippen LogP contribution in [0.25, 0.3) is 11.8 Å². The van der Waals surface area contributed by atoms with Crippen LogP contribution in [0.3, 0.4) is 0 Å². The topological polar surface area (TPSA) is 77.1 Å². The summed E-state index contributed by atoms with van der Waals surface area (Å²) in [6.45, 7) is 5.18. The maximum absolute atomic E-state index is 12.3. The molecule has 150 valence electrons. The minimum Gasteiger partial charge on any atom is -0.422 e. The first-order valence-electron chi connectivity index (χ1n) is 9.84. The molecule has 0 aromatic heterocycles. The Morgan fingerprint density at radius 2 is 1.67 bits per heavy atom. The van der Waals surface area contributed by atoms with Crippen molar-refractivity contribution in [3.63, 3.8) is 0 Å². The van der Waals surface area contributed by atoms with Crippen molar-refractivity contribution in [1.29, 1.82) is 10.5 Å². The lowest BCUT2D eigenvalue weighted by Crippen LogP contribution is -2.25. The number of esters is 1. The maximum Gasteiger partial charge on any atom is 0.343 e. The van der Waals surface area contributed by atoms with E-state index < -0.39 is 0 Å². The summed E-state index contributed by atoms with van der Waals surface area (Å²) < 4.78 is 5.49. The van der Waals surface area contributed by atoms with Crippen molar-refractivity contribution in [3.05, 3.63) is 76.4 Å². The number of rotatable bonds is 7. The van der Waals surface area contributed by atoms with Crippen LogP contribution in [-0.4, -0.2) is 19.1 Å². The molecule has 0 amide bonds. The van der Waals surface area contributed by atoms with Crippen molar-refractivity contribution < 1.29 is 9.53 Å². The molecule has 0 fully saturated rings. The number of carbonyl (C=O) groups is 1. The lowest BCUT2D eigenvalue weighted by Gasteiger charge is -2.22. The third-order valence-corrected chi connectivity index (χ3v) is 4.94. The Morgan fingerprint density at radius 3 is 2.27 bits per heavy atom. The van der Waals surface area contributed by atoms with Gasteiger partial charge >= 0.3 is 5.97 Å². The lowest BCUT2D eigenvalue weighted by molar-refractivity contribution is -0.130. The lowest BCUT2D eigenvalue weighted by atomic mass is 10.0. The molecule has 0 atom stereocenters. The van der Waals surface area contributed by atoms with Crippen LogP contribution in [0, 0.1) is 36.5 Å². The molecule has 0 radical (unpaired) electrons. The van der Waals surface area contributed by atoms with E-state index >= 15 is 0 Å². The quantitative estimate of drug-likeness (QED) is 0.490. The highest BCUT2D eigenvalue weighted by Gasteiger charge is 2.23. The molecule has 0 aliphatic carbocycles. The molecule has 0 spiro atoms. The number of hydrogen-bond donors (Lipinski definition) is 0. The molecule has 30 heavy (non-hydrogen) atoms. The summed E-state index contributed by atoms with van der Waals surface area (Å²) in [5.41, 5.74) is 5.47. The second kappa shape index (κ2) is 9.58. The van der Waals surface area contributed by atoms with Crippen LogP contribution in [0.4, 0.5) is 5.69 Å². The monoisotopic (exact) mass is 397 g/mol. The van der Waals surface area contributed by atoms with Crippen LogP contribution in [0.15, 0.2) is 54.1 Å². The minimum atomic E-state index is -0.362. The van der Waals surface area contributed by atoms with E-state index in [0.717, 1.165) is 27.9 Å². The summed E-state index contributed by atoms with van der Waals surface area (Å²) >= 11 is 0. The van der Waals surface area contributed by atoms with Crippen molar-refractivity contribution in [2.75, 3.05) is 18.0 Å². The van der Waals surface area contributed by atoms with Gasteiger partial charge in [-0.3, -0.25) is 0 Å². The number of hydrogen-bond acceptors (Lipinski definition) is 5. The first-order chi connectivity index (χ1) is 14.5. The van der Waals surface area contributed by atoms with E-state index in [0.29, 0.717) is 37.3 Å². The zero-order valence-electron chi connectivity index (χ0n) is 17.2. The van der Waals surface area contributed by atoms with Crippen LogP contribution in [0.2, 0.25) is 0 Å². The average molecular weight is 397 g/mol. The second-order valence-electron chi connectivity index (χ2n) is 7.21. The predicted octanol–water partition coefficient (Wildman–Crippen LogP) is 4.92. The smallest absolute Gasteiger partial charge is 0.343 e. The Labute approximate surface area is 177 Å². The second-order valence-corrected chi connectivity index (χ2v) is 7.21. The first kappa shape index (κ1) is 20.9. The fourth-order valence-electron chi connectivity index (χ4n) is 3.41. The fourth-order valence-corrected chi connectivity index (χ4v) is 3.41. The third-order valence-electron chi connectivity index (χ3n) is 4.94. The van der Waals surface area contributed by atoms with Crippen molar-refractivity contribution in [2.45, 2.75) is 26.7 Å². The fraction of sp³-hybridized carbons (Fsp3) is 0.240. The van der Waals surface area contributed by atoms with Gasteiger partial charge in [0.15, 0.2) is 0 Å². The van der Waals surface area contributed by atoms with Crippen LogP contribution in [0.5, 0.6) is 0 Å². The minimum absolute atomic E-state index is 0.362. The molecule has 0 N–H and O–H groups in total. The Morgan fingerprint density at radius 1 is 1.00 bits per heavy atom. The van der Waals surface area contributed by atoms with Crippen LogP contribution < -0.4 is 4.90 Å². The molecule has 0 saturated carbocycles. The predicted molar refractivity (Wildman–Crippen MR) is 117 cm³/mol. The largest absolute Gasteiger partial charge is 0.422 e. The number of nitriles is 2. The number of cyclic esters (lactones) is 1. The Bertz CT molecular complexity index is 1060. The summed E-state index contributed by atoms with van der Waals surface area (Å²) in [5, 5.41) is 17.7. The molecule has 0 bridgehead atoms. The van der Waals surface area contributed by atoms with Gasteiger partial charge in [0.2, 0.25) is 0 Å². The molecule has 2 aromatic rings. The van der Waals surface area contributed by atoms with E-state index in [1.807, 2.05) is 55.1 Å². The molecule has 1 heterocycles. The number of ether oxygens (including phenoxy) is 1. The van der Waals surface area contributed by atoms with Gasteiger partial charge in [0.05, 0.1) is 30.6 Å². The number of carbonyl (C=O) groups excluding carboxylic acids is 1. The van der Waals surface area contributed by atoms with E-state index in [1.54, 1.807) is 12.2 Å². The van der Waals surface area contributed by atoms with E-state index in [-0.39, 0.29) is 5.97 Å². The average Bonchev–Trinajstić information content (AvgIpc) is 3.09. The molecule has 2 aromatic carbocycles. The van der Waals surface area contributed by atoms with Gasteiger partial charge in [-0.1, -0.05) is 35.9 Å². The molecule has 1 aliphatic heterocycles. The summed E-state index contributed by atoms with van der Waals surface area (Å²) in [6, 6.07) is 18.0. The highest BCUT2D eigenvalue weighted by Crippen LogP contribution is 2.30. The van der Waals surface area contributed by atoms with E-state index in [2.05, 4.69) is 18.2 Å². The van der Waals surface area contributed by atoms with Crippen molar-refractivity contribution in [2.24, 2.45) is 0 Å². The molecule has 5 nitrogen and oxygen atoms in total. The first-order valence-corrected chi connectivity index (χ1v) is 9.84. The highest BCUT2D eigenvalue weighted by molar-refractivity contribution is 6.05. The van der Waals surface area contributed by atoms with Gasteiger partial charge in [-0.2, -0.15) is 10.5 Å². The molecular weight excluding hydrogens is 374 g/mol. The summed E-state index contributed by atoms with van der Waals surface area (Å²) in [7, 11) is 0. The summed E-state index contributed by atoms with van der Waals surface area (Å²) in [5.74, 6) is 0.207. The zero-order chi connectivity index (χ0) is 21.5. The third kappa shape index (κ3) is 4.96. The standard InChI is InChI=1S/C25H23N3O2/c1-18-5-10-23(19(2)15-18)24-17-21(25(29)30-24)16-20-6-8-22(9-7-20)28(13-3-11-26)14-4-12-27/h5-10,15-17H,3-4,13-14H2,1-2H3/b21-16+. The molecule has 0 saturated heterocycles. The van der Waals surface area contributed by atoms with Gasteiger partial charge in [0.1, 0.15) is 5.76 Å².